The molecule has 0 nitrogen and oxygen atoms in total. The predicted molar refractivity (Wildman–Crippen MR) is 82.0 cm³/mol. The van der Waals surface area contributed by atoms with E-state index in [0.29, 0.717) is 11.8 Å². The standard InChI is InChI=1S/C15H16Cl2S/c16-10-13(6-5-12-7-8-18-11-12)9-14-3-1-2-4-15(14)17/h1-4,7-8,11,13H,5-6,9-10H2. The lowest BCUT2D eigenvalue weighted by molar-refractivity contribution is 0.537. The summed E-state index contributed by atoms with van der Waals surface area (Å²) in [6, 6.07) is 10.2. The Morgan fingerprint density at radius 1 is 1.17 bits per heavy atom. The largest absolute Gasteiger partial charge is 0.152 e. The molecule has 0 saturated heterocycles. The highest BCUT2D eigenvalue weighted by atomic mass is 35.5. The van der Waals surface area contributed by atoms with Crippen LogP contribution < -0.4 is 0 Å². The van der Waals surface area contributed by atoms with E-state index >= 15 is 0 Å². The molecule has 1 heterocycles. The van der Waals surface area contributed by atoms with Gasteiger partial charge in [-0.05, 0) is 59.2 Å². The Balaban J connectivity index is 1.91. The van der Waals surface area contributed by atoms with Gasteiger partial charge in [0.25, 0.3) is 0 Å². The van der Waals surface area contributed by atoms with Crippen molar-refractivity contribution in [3.05, 3.63) is 57.2 Å². The summed E-state index contributed by atoms with van der Waals surface area (Å²) in [4.78, 5) is 0. The predicted octanol–water partition coefficient (Wildman–Crippen LogP) is 5.43. The molecule has 1 atom stereocenters. The first kappa shape index (κ1) is 13.9. The molecule has 0 aliphatic carbocycles. The molecule has 1 unspecified atom stereocenters. The zero-order valence-electron chi connectivity index (χ0n) is 10.1. The Morgan fingerprint density at radius 2 is 2.00 bits per heavy atom. The van der Waals surface area contributed by atoms with Gasteiger partial charge in [-0.1, -0.05) is 29.8 Å². The molecule has 1 aromatic carbocycles. The molecule has 0 radical (unpaired) electrons. The summed E-state index contributed by atoms with van der Waals surface area (Å²) in [5.41, 5.74) is 2.62. The summed E-state index contributed by atoms with van der Waals surface area (Å²) >= 11 is 14.0. The van der Waals surface area contributed by atoms with Crippen LogP contribution >= 0.6 is 34.5 Å². The van der Waals surface area contributed by atoms with Crippen molar-refractivity contribution < 1.29 is 0 Å². The van der Waals surface area contributed by atoms with Crippen LogP contribution in [0.1, 0.15) is 17.5 Å². The molecule has 0 bridgehead atoms. The average molecular weight is 299 g/mol. The van der Waals surface area contributed by atoms with Crippen molar-refractivity contribution in [2.45, 2.75) is 19.3 Å². The molecule has 0 spiro atoms. The van der Waals surface area contributed by atoms with Gasteiger partial charge in [0.2, 0.25) is 0 Å². The van der Waals surface area contributed by atoms with Crippen LogP contribution in [0.25, 0.3) is 0 Å². The first-order valence-corrected chi connectivity index (χ1v) is 7.95. The minimum atomic E-state index is 0.492. The number of thiophene rings is 1. The van der Waals surface area contributed by atoms with Crippen LogP contribution in [0.2, 0.25) is 5.02 Å². The summed E-state index contributed by atoms with van der Waals surface area (Å²) in [6.07, 6.45) is 3.18. The van der Waals surface area contributed by atoms with E-state index in [1.807, 2.05) is 18.2 Å². The lowest BCUT2D eigenvalue weighted by Crippen LogP contribution is -2.08. The summed E-state index contributed by atoms with van der Waals surface area (Å²) in [5, 5.41) is 5.18. The maximum Gasteiger partial charge on any atom is 0.0438 e. The van der Waals surface area contributed by atoms with Gasteiger partial charge >= 0.3 is 0 Å². The molecular formula is C15H16Cl2S. The monoisotopic (exact) mass is 298 g/mol. The quantitative estimate of drug-likeness (QED) is 0.624. The average Bonchev–Trinajstić information content (AvgIpc) is 2.90. The second kappa shape index (κ2) is 7.18. The minimum absolute atomic E-state index is 0.492. The van der Waals surface area contributed by atoms with Crippen molar-refractivity contribution in [3.8, 4) is 0 Å². The Kier molecular flexibility index (Phi) is 5.55. The first-order valence-electron chi connectivity index (χ1n) is 6.10. The summed E-state index contributed by atoms with van der Waals surface area (Å²) in [7, 11) is 0. The highest BCUT2D eigenvalue weighted by Crippen LogP contribution is 2.22. The molecule has 0 N–H and O–H groups in total. The highest BCUT2D eigenvalue weighted by molar-refractivity contribution is 7.07. The highest BCUT2D eigenvalue weighted by Gasteiger charge is 2.11. The number of hydrogen-bond donors (Lipinski definition) is 0. The van der Waals surface area contributed by atoms with Crippen LogP contribution in [-0.4, -0.2) is 5.88 Å². The first-order chi connectivity index (χ1) is 8.79. The minimum Gasteiger partial charge on any atom is -0.152 e. The van der Waals surface area contributed by atoms with E-state index in [2.05, 4.69) is 22.9 Å². The molecular weight excluding hydrogens is 283 g/mol. The van der Waals surface area contributed by atoms with E-state index in [1.54, 1.807) is 11.3 Å². The maximum atomic E-state index is 6.18. The van der Waals surface area contributed by atoms with Gasteiger partial charge in [0.15, 0.2) is 0 Å². The lowest BCUT2D eigenvalue weighted by atomic mass is 9.95. The Hall–Kier alpha value is -0.500. The van der Waals surface area contributed by atoms with Crippen LogP contribution in [0, 0.1) is 5.92 Å². The van der Waals surface area contributed by atoms with Gasteiger partial charge in [0.05, 0.1) is 0 Å². The molecule has 0 fully saturated rings. The summed E-state index contributed by atoms with van der Waals surface area (Å²) < 4.78 is 0. The van der Waals surface area contributed by atoms with Gasteiger partial charge in [0.1, 0.15) is 0 Å². The number of hydrogen-bond acceptors (Lipinski definition) is 1. The van der Waals surface area contributed by atoms with Crippen molar-refractivity contribution in [1.29, 1.82) is 0 Å². The van der Waals surface area contributed by atoms with Gasteiger partial charge in [-0.25, -0.2) is 0 Å². The molecule has 0 saturated carbocycles. The maximum absolute atomic E-state index is 6.18. The summed E-state index contributed by atoms with van der Waals surface area (Å²) in [5.74, 6) is 1.18. The molecule has 0 amide bonds. The smallest absolute Gasteiger partial charge is 0.0438 e. The van der Waals surface area contributed by atoms with Crippen molar-refractivity contribution in [1.82, 2.24) is 0 Å². The van der Waals surface area contributed by atoms with Crippen LogP contribution in [0.4, 0.5) is 0 Å². The van der Waals surface area contributed by atoms with Gasteiger partial charge < -0.3 is 0 Å². The van der Waals surface area contributed by atoms with Crippen LogP contribution in [0.5, 0.6) is 0 Å². The van der Waals surface area contributed by atoms with Crippen LogP contribution in [0.15, 0.2) is 41.1 Å². The molecule has 3 heteroatoms. The topological polar surface area (TPSA) is 0 Å². The fourth-order valence-electron chi connectivity index (χ4n) is 2.01. The zero-order chi connectivity index (χ0) is 12.8. The number of benzene rings is 1. The fourth-order valence-corrected chi connectivity index (χ4v) is 3.19. The van der Waals surface area contributed by atoms with Gasteiger partial charge in [-0.2, -0.15) is 11.3 Å². The Labute approximate surface area is 123 Å². The normalized spacial score (nSPS) is 12.6. The van der Waals surface area contributed by atoms with E-state index < -0.39 is 0 Å². The van der Waals surface area contributed by atoms with Gasteiger partial charge in [-0.3, -0.25) is 0 Å². The molecule has 18 heavy (non-hydrogen) atoms. The van der Waals surface area contributed by atoms with E-state index in [0.717, 1.165) is 24.3 Å². The number of rotatable bonds is 6. The van der Waals surface area contributed by atoms with E-state index in [9.17, 15) is 0 Å². The van der Waals surface area contributed by atoms with E-state index in [-0.39, 0.29) is 0 Å². The summed E-state index contributed by atoms with van der Waals surface area (Å²) in [6.45, 7) is 0. The van der Waals surface area contributed by atoms with Crippen LogP contribution in [0.3, 0.4) is 0 Å². The van der Waals surface area contributed by atoms with Gasteiger partial charge in [-0.15, -0.1) is 11.6 Å². The molecule has 2 aromatic rings. The fraction of sp³-hybridized carbons (Fsp3) is 0.333. The number of alkyl halides is 1. The van der Waals surface area contributed by atoms with Crippen LogP contribution in [-0.2, 0) is 12.8 Å². The lowest BCUT2D eigenvalue weighted by Gasteiger charge is -2.14. The van der Waals surface area contributed by atoms with Crippen molar-refractivity contribution in [3.63, 3.8) is 0 Å². The number of aryl methyl sites for hydroxylation is 1. The van der Waals surface area contributed by atoms with Crippen molar-refractivity contribution in [2.24, 2.45) is 5.92 Å². The Morgan fingerprint density at radius 3 is 2.67 bits per heavy atom. The van der Waals surface area contributed by atoms with Gasteiger partial charge in [0, 0.05) is 10.9 Å². The van der Waals surface area contributed by atoms with Crippen molar-refractivity contribution in [2.75, 3.05) is 5.88 Å². The Bertz CT molecular complexity index is 465. The van der Waals surface area contributed by atoms with E-state index in [4.69, 9.17) is 23.2 Å². The zero-order valence-corrected chi connectivity index (χ0v) is 12.4. The molecule has 0 aliphatic heterocycles. The third-order valence-corrected chi connectivity index (χ3v) is 4.64. The SMILES string of the molecule is ClCC(CCc1ccsc1)Cc1ccccc1Cl. The molecule has 0 aliphatic rings. The van der Waals surface area contributed by atoms with Crippen molar-refractivity contribution >= 4 is 34.5 Å². The van der Waals surface area contributed by atoms with E-state index in [1.165, 1.54) is 11.1 Å². The second-order valence-electron chi connectivity index (χ2n) is 4.49. The molecule has 2 rings (SSSR count). The molecule has 1 aromatic heterocycles. The third-order valence-electron chi connectivity index (χ3n) is 3.11. The second-order valence-corrected chi connectivity index (χ2v) is 5.98. The molecule has 96 valence electrons. The number of halogens is 2. The third kappa shape index (κ3) is 4.01.